The van der Waals surface area contributed by atoms with Gasteiger partial charge in [-0.3, -0.25) is 9.10 Å². The fraction of sp³-hybridized carbons (Fsp3) is 0.125. The van der Waals surface area contributed by atoms with Gasteiger partial charge in [-0.05, 0) is 48.5 Å². The third-order valence-electron chi connectivity index (χ3n) is 5.24. The standard InChI is InChI=1S/C24H19ClN4O3S/c25-21-10-7-18(13-20(21)23-26-14-17-3-1-2-4-22(17)28-23)27-24(30)16-5-8-19(9-6-16)29-11-12-32-15-33(29)31/h1-10,13-14H,11-12,15H2,(H,27,30). The largest absolute Gasteiger partial charge is 0.364 e. The fourth-order valence-electron chi connectivity index (χ4n) is 3.55. The molecule has 0 aliphatic carbocycles. The number of hydrogen-bond acceptors (Lipinski definition) is 5. The Morgan fingerprint density at radius 3 is 2.73 bits per heavy atom. The van der Waals surface area contributed by atoms with Crippen LogP contribution in [0.1, 0.15) is 10.4 Å². The third-order valence-corrected chi connectivity index (χ3v) is 6.82. The van der Waals surface area contributed by atoms with E-state index in [-0.39, 0.29) is 11.8 Å². The van der Waals surface area contributed by atoms with E-state index in [4.69, 9.17) is 16.3 Å². The third kappa shape index (κ3) is 4.59. The minimum absolute atomic E-state index is 0.183. The molecule has 5 rings (SSSR count). The lowest BCUT2D eigenvalue weighted by molar-refractivity contribution is 0.102. The fourth-order valence-corrected chi connectivity index (χ4v) is 4.77. The van der Waals surface area contributed by atoms with Gasteiger partial charge in [-0.25, -0.2) is 14.2 Å². The summed E-state index contributed by atoms with van der Waals surface area (Å²) < 4.78 is 19.1. The van der Waals surface area contributed by atoms with Crippen molar-refractivity contribution >= 4 is 50.8 Å². The Balaban J connectivity index is 1.36. The lowest BCUT2D eigenvalue weighted by Gasteiger charge is -2.27. The number of hydrogen-bond donors (Lipinski definition) is 1. The predicted octanol–water partition coefficient (Wildman–Crippen LogP) is 4.66. The van der Waals surface area contributed by atoms with Crippen LogP contribution in [-0.4, -0.2) is 39.2 Å². The Kier molecular flexibility index (Phi) is 6.04. The van der Waals surface area contributed by atoms with Crippen LogP contribution in [0.4, 0.5) is 11.4 Å². The van der Waals surface area contributed by atoms with Gasteiger partial charge < -0.3 is 10.1 Å². The number of amides is 1. The van der Waals surface area contributed by atoms with Gasteiger partial charge in [0.15, 0.2) is 5.82 Å². The zero-order valence-corrected chi connectivity index (χ0v) is 19.0. The van der Waals surface area contributed by atoms with Gasteiger partial charge in [-0.2, -0.15) is 0 Å². The first-order chi connectivity index (χ1) is 16.1. The van der Waals surface area contributed by atoms with Gasteiger partial charge in [-0.1, -0.05) is 29.8 Å². The summed E-state index contributed by atoms with van der Waals surface area (Å²) in [6.45, 7) is 1.07. The highest BCUT2D eigenvalue weighted by Gasteiger charge is 2.19. The Labute approximate surface area is 198 Å². The van der Waals surface area contributed by atoms with Crippen LogP contribution < -0.4 is 9.62 Å². The minimum Gasteiger partial charge on any atom is -0.364 e. The molecule has 1 aromatic heterocycles. The van der Waals surface area contributed by atoms with Gasteiger partial charge in [0.2, 0.25) is 0 Å². The van der Waals surface area contributed by atoms with Crippen LogP contribution in [0.2, 0.25) is 5.02 Å². The van der Waals surface area contributed by atoms with E-state index in [0.717, 1.165) is 16.6 Å². The maximum absolute atomic E-state index is 12.8. The molecule has 2 heterocycles. The van der Waals surface area contributed by atoms with Crippen molar-refractivity contribution in [2.24, 2.45) is 0 Å². The Morgan fingerprint density at radius 2 is 1.91 bits per heavy atom. The second-order valence-corrected chi connectivity index (χ2v) is 9.12. The molecule has 0 spiro atoms. The van der Waals surface area contributed by atoms with E-state index in [9.17, 15) is 9.00 Å². The Morgan fingerprint density at radius 1 is 1.09 bits per heavy atom. The molecule has 1 atom stereocenters. The Hall–Kier alpha value is -3.33. The van der Waals surface area contributed by atoms with Crippen LogP contribution in [0, 0.1) is 0 Å². The molecule has 7 nitrogen and oxygen atoms in total. The summed E-state index contributed by atoms with van der Waals surface area (Å²) in [5.41, 5.74) is 3.29. The summed E-state index contributed by atoms with van der Waals surface area (Å²) in [5.74, 6) is 0.400. The first kappa shape index (κ1) is 21.5. The first-order valence-corrected chi connectivity index (χ1v) is 11.9. The topological polar surface area (TPSA) is 84.4 Å². The van der Waals surface area contributed by atoms with E-state index < -0.39 is 11.0 Å². The van der Waals surface area contributed by atoms with Crippen molar-refractivity contribution in [1.82, 2.24) is 9.97 Å². The van der Waals surface area contributed by atoms with Crippen molar-refractivity contribution in [3.05, 3.63) is 83.5 Å². The van der Waals surface area contributed by atoms with Crippen LogP contribution in [0.5, 0.6) is 0 Å². The molecule has 1 saturated heterocycles. The molecule has 33 heavy (non-hydrogen) atoms. The normalized spacial score (nSPS) is 16.0. The van der Waals surface area contributed by atoms with E-state index in [1.165, 1.54) is 0 Å². The van der Waals surface area contributed by atoms with Crippen molar-refractivity contribution in [2.75, 3.05) is 28.7 Å². The number of anilines is 2. The molecule has 1 amide bonds. The lowest BCUT2D eigenvalue weighted by atomic mass is 10.1. The van der Waals surface area contributed by atoms with E-state index in [1.807, 2.05) is 24.3 Å². The zero-order valence-electron chi connectivity index (χ0n) is 17.4. The number of aromatic nitrogens is 2. The number of carbonyl (C=O) groups is 1. The highest BCUT2D eigenvalue weighted by molar-refractivity contribution is 7.86. The van der Waals surface area contributed by atoms with Crippen molar-refractivity contribution in [3.63, 3.8) is 0 Å². The van der Waals surface area contributed by atoms with Crippen LogP contribution in [0.25, 0.3) is 22.3 Å². The lowest BCUT2D eigenvalue weighted by Crippen LogP contribution is -2.36. The molecule has 0 radical (unpaired) electrons. The average Bonchev–Trinajstić information content (AvgIpc) is 2.85. The molecule has 1 aliphatic heterocycles. The second-order valence-electron chi connectivity index (χ2n) is 7.40. The molecule has 0 bridgehead atoms. The van der Waals surface area contributed by atoms with Crippen molar-refractivity contribution in [3.8, 4) is 11.4 Å². The summed E-state index contributed by atoms with van der Waals surface area (Å²) in [7, 11) is -1.22. The number of nitrogens with one attached hydrogen (secondary N) is 1. The number of carbonyl (C=O) groups excluding carboxylic acids is 1. The molecule has 166 valence electrons. The van der Waals surface area contributed by atoms with Crippen molar-refractivity contribution in [1.29, 1.82) is 0 Å². The summed E-state index contributed by atoms with van der Waals surface area (Å²) in [6.07, 6.45) is 1.75. The maximum Gasteiger partial charge on any atom is 0.255 e. The smallest absolute Gasteiger partial charge is 0.255 e. The molecule has 1 aliphatic rings. The van der Waals surface area contributed by atoms with Crippen LogP contribution >= 0.6 is 11.6 Å². The molecular weight excluding hydrogens is 460 g/mol. The van der Waals surface area contributed by atoms with Gasteiger partial charge in [0.25, 0.3) is 5.91 Å². The highest BCUT2D eigenvalue weighted by atomic mass is 35.5. The number of halogens is 1. The van der Waals surface area contributed by atoms with Gasteiger partial charge in [-0.15, -0.1) is 0 Å². The van der Waals surface area contributed by atoms with Crippen LogP contribution in [0.3, 0.4) is 0 Å². The van der Waals surface area contributed by atoms with Gasteiger partial charge >= 0.3 is 0 Å². The van der Waals surface area contributed by atoms with E-state index in [2.05, 4.69) is 15.3 Å². The van der Waals surface area contributed by atoms with E-state index in [1.54, 1.807) is 53.0 Å². The number of nitrogens with zero attached hydrogens (tertiary/aromatic N) is 3. The number of benzene rings is 3. The molecule has 1 unspecified atom stereocenters. The summed E-state index contributed by atoms with van der Waals surface area (Å²) in [6, 6.07) is 19.9. The zero-order chi connectivity index (χ0) is 22.8. The number of fused-ring (bicyclic) bond motifs is 1. The molecule has 1 N–H and O–H groups in total. The quantitative estimate of drug-likeness (QED) is 0.461. The monoisotopic (exact) mass is 478 g/mol. The van der Waals surface area contributed by atoms with E-state index >= 15 is 0 Å². The summed E-state index contributed by atoms with van der Waals surface area (Å²) >= 11 is 6.41. The average molecular weight is 479 g/mol. The molecule has 1 fully saturated rings. The molecule has 9 heteroatoms. The Bertz CT molecular complexity index is 1360. The highest BCUT2D eigenvalue weighted by Crippen LogP contribution is 2.29. The van der Waals surface area contributed by atoms with Gasteiger partial charge in [0, 0.05) is 34.1 Å². The minimum atomic E-state index is -1.22. The van der Waals surface area contributed by atoms with Crippen molar-refractivity contribution in [2.45, 2.75) is 0 Å². The second kappa shape index (κ2) is 9.27. The van der Waals surface area contributed by atoms with Gasteiger partial charge in [0.1, 0.15) is 16.9 Å². The molecule has 0 saturated carbocycles. The predicted molar refractivity (Wildman–Crippen MR) is 131 cm³/mol. The SMILES string of the molecule is O=C(Nc1ccc(Cl)c(-c2ncc3ccccc3n2)c1)c1ccc(N2CCOCS2=O)cc1. The molecule has 3 aromatic carbocycles. The van der Waals surface area contributed by atoms with Crippen LogP contribution in [0.15, 0.2) is 72.9 Å². The van der Waals surface area contributed by atoms with Gasteiger partial charge in [0.05, 0.1) is 23.7 Å². The summed E-state index contributed by atoms with van der Waals surface area (Å²) in [4.78, 5) is 21.8. The number of rotatable bonds is 4. The molecular formula is C24H19ClN4O3S. The van der Waals surface area contributed by atoms with E-state index in [0.29, 0.717) is 40.8 Å². The van der Waals surface area contributed by atoms with Crippen LogP contribution in [-0.2, 0) is 15.7 Å². The maximum atomic E-state index is 12.8. The van der Waals surface area contributed by atoms with Crippen molar-refractivity contribution < 1.29 is 13.7 Å². The number of ether oxygens (including phenoxy) is 1. The summed E-state index contributed by atoms with van der Waals surface area (Å²) in [5, 5.41) is 4.32. The number of para-hydroxylation sites is 1. The first-order valence-electron chi connectivity index (χ1n) is 10.3. The molecule has 4 aromatic rings.